The first kappa shape index (κ1) is 16.7. The van der Waals surface area contributed by atoms with Gasteiger partial charge >= 0.3 is 0 Å². The molecule has 0 saturated carbocycles. The van der Waals surface area contributed by atoms with E-state index in [9.17, 15) is 8.42 Å². The molecule has 5 heteroatoms. The Kier molecular flexibility index (Phi) is 4.82. The van der Waals surface area contributed by atoms with Crippen molar-refractivity contribution < 1.29 is 8.42 Å². The number of sulfonamides is 1. The minimum absolute atomic E-state index is 0.224. The molecule has 1 N–H and O–H groups in total. The summed E-state index contributed by atoms with van der Waals surface area (Å²) in [4.78, 5) is 0.224. The highest BCUT2D eigenvalue weighted by Crippen LogP contribution is 2.28. The lowest BCUT2D eigenvalue weighted by atomic mass is 10.1. The smallest absolute Gasteiger partial charge is 0.262 e. The van der Waals surface area contributed by atoms with Crippen LogP contribution in [0.1, 0.15) is 5.56 Å². The Balaban J connectivity index is 1.95. The molecule has 3 aromatic rings. The molecule has 0 fully saturated rings. The van der Waals surface area contributed by atoms with E-state index in [1.165, 1.54) is 0 Å². The van der Waals surface area contributed by atoms with E-state index in [0.29, 0.717) is 17.7 Å². The molecule has 0 amide bonds. The molecule has 0 spiro atoms. The van der Waals surface area contributed by atoms with Gasteiger partial charge in [0.1, 0.15) is 0 Å². The molecule has 3 rings (SSSR count). The topological polar surface area (TPSA) is 70.0 Å². The van der Waals surface area contributed by atoms with Crippen molar-refractivity contribution in [3.8, 4) is 17.2 Å². The molecule has 0 aliphatic heterocycles. The lowest BCUT2D eigenvalue weighted by Gasteiger charge is -2.13. The summed E-state index contributed by atoms with van der Waals surface area (Å²) in [6.45, 7) is 0. The van der Waals surface area contributed by atoms with Crippen LogP contribution in [0.2, 0.25) is 0 Å². The van der Waals surface area contributed by atoms with Crippen molar-refractivity contribution in [1.29, 1.82) is 5.26 Å². The molecule has 0 heterocycles. The van der Waals surface area contributed by atoms with E-state index in [1.54, 1.807) is 42.5 Å². The van der Waals surface area contributed by atoms with Crippen LogP contribution in [0, 0.1) is 11.3 Å². The van der Waals surface area contributed by atoms with Crippen molar-refractivity contribution in [1.82, 2.24) is 0 Å². The minimum Gasteiger partial charge on any atom is -0.280 e. The van der Waals surface area contributed by atoms with Crippen LogP contribution >= 0.6 is 0 Å². The fourth-order valence-electron chi connectivity index (χ4n) is 2.55. The molecule has 0 saturated heterocycles. The number of nitrogens with zero attached hydrogens (tertiary/aromatic N) is 1. The van der Waals surface area contributed by atoms with Crippen LogP contribution in [0.25, 0.3) is 11.1 Å². The highest BCUT2D eigenvalue weighted by molar-refractivity contribution is 7.92. The lowest BCUT2D eigenvalue weighted by molar-refractivity contribution is 0.601. The lowest BCUT2D eigenvalue weighted by Crippen LogP contribution is -2.14. The number of anilines is 1. The second kappa shape index (κ2) is 7.20. The van der Waals surface area contributed by atoms with E-state index >= 15 is 0 Å². The van der Waals surface area contributed by atoms with Gasteiger partial charge < -0.3 is 0 Å². The Morgan fingerprint density at radius 2 is 1.48 bits per heavy atom. The molecular formula is C20H16N2O2S. The fraction of sp³-hybridized carbons (Fsp3) is 0.0500. The predicted molar refractivity (Wildman–Crippen MR) is 98.4 cm³/mol. The maximum atomic E-state index is 12.8. The molecule has 0 aliphatic rings. The maximum absolute atomic E-state index is 12.8. The third kappa shape index (κ3) is 3.87. The van der Waals surface area contributed by atoms with E-state index in [2.05, 4.69) is 10.8 Å². The van der Waals surface area contributed by atoms with Crippen molar-refractivity contribution in [2.24, 2.45) is 0 Å². The molecule has 25 heavy (non-hydrogen) atoms. The number of nitrogens with one attached hydrogen (secondary N) is 1. The molecule has 0 aromatic heterocycles. The van der Waals surface area contributed by atoms with Crippen molar-refractivity contribution in [3.63, 3.8) is 0 Å². The molecular weight excluding hydrogens is 332 g/mol. The predicted octanol–water partition coefficient (Wildman–Crippen LogP) is 4.22. The standard InChI is InChI=1S/C20H16N2O2S/c21-15-14-16-10-12-18(13-11-16)22-25(23,24)20-9-5-4-8-19(20)17-6-2-1-3-7-17/h1-13,22H,14H2. The third-order valence-corrected chi connectivity index (χ3v) is 5.19. The number of hydrogen-bond acceptors (Lipinski definition) is 3. The van der Waals surface area contributed by atoms with Crippen molar-refractivity contribution in [2.75, 3.05) is 4.72 Å². The maximum Gasteiger partial charge on any atom is 0.262 e. The molecule has 0 radical (unpaired) electrons. The summed E-state index contributed by atoms with van der Waals surface area (Å²) in [6, 6.07) is 25.2. The van der Waals surface area contributed by atoms with Gasteiger partial charge in [-0.3, -0.25) is 4.72 Å². The fourth-order valence-corrected chi connectivity index (χ4v) is 3.84. The number of nitriles is 1. The molecule has 4 nitrogen and oxygen atoms in total. The van der Waals surface area contributed by atoms with Gasteiger partial charge in [-0.1, -0.05) is 60.7 Å². The Morgan fingerprint density at radius 1 is 0.840 bits per heavy atom. The zero-order valence-corrected chi connectivity index (χ0v) is 14.2. The summed E-state index contributed by atoms with van der Waals surface area (Å²) >= 11 is 0. The van der Waals surface area contributed by atoms with Gasteiger partial charge in [0.2, 0.25) is 0 Å². The summed E-state index contributed by atoms with van der Waals surface area (Å²) in [7, 11) is -3.73. The second-order valence-electron chi connectivity index (χ2n) is 5.50. The van der Waals surface area contributed by atoms with E-state index < -0.39 is 10.0 Å². The summed E-state index contributed by atoms with van der Waals surface area (Å²) in [6.07, 6.45) is 0.296. The van der Waals surface area contributed by atoms with Crippen molar-refractivity contribution in [2.45, 2.75) is 11.3 Å². The van der Waals surface area contributed by atoms with Crippen LogP contribution in [-0.2, 0) is 16.4 Å². The number of benzene rings is 3. The van der Waals surface area contributed by atoms with Gasteiger partial charge in [-0.2, -0.15) is 5.26 Å². The molecule has 0 unspecified atom stereocenters. The summed E-state index contributed by atoms with van der Waals surface area (Å²) in [5.41, 5.74) is 2.80. The van der Waals surface area contributed by atoms with Crippen LogP contribution in [0.3, 0.4) is 0 Å². The average Bonchev–Trinajstić information content (AvgIpc) is 2.64. The summed E-state index contributed by atoms with van der Waals surface area (Å²) in [5.74, 6) is 0. The highest BCUT2D eigenvalue weighted by Gasteiger charge is 2.19. The van der Waals surface area contributed by atoms with E-state index in [1.807, 2.05) is 36.4 Å². The van der Waals surface area contributed by atoms with Gasteiger partial charge in [0.25, 0.3) is 10.0 Å². The summed E-state index contributed by atoms with van der Waals surface area (Å²) in [5, 5.41) is 8.70. The van der Waals surface area contributed by atoms with Crippen molar-refractivity contribution >= 4 is 15.7 Å². The minimum atomic E-state index is -3.73. The van der Waals surface area contributed by atoms with Gasteiger partial charge in [0, 0.05) is 11.3 Å². The average molecular weight is 348 g/mol. The Labute approximate surface area is 147 Å². The first-order valence-electron chi connectivity index (χ1n) is 7.73. The molecule has 0 aliphatic carbocycles. The van der Waals surface area contributed by atoms with E-state index in [4.69, 9.17) is 5.26 Å². The van der Waals surface area contributed by atoms with Crippen LogP contribution < -0.4 is 4.72 Å². The Morgan fingerprint density at radius 3 is 2.16 bits per heavy atom. The second-order valence-corrected chi connectivity index (χ2v) is 7.15. The van der Waals surface area contributed by atoms with Gasteiger partial charge in [-0.25, -0.2) is 8.42 Å². The van der Waals surface area contributed by atoms with Crippen molar-refractivity contribution in [3.05, 3.63) is 84.4 Å². The zero-order chi connectivity index (χ0) is 17.7. The molecule has 0 bridgehead atoms. The van der Waals surface area contributed by atoms with Crippen LogP contribution in [0.4, 0.5) is 5.69 Å². The molecule has 0 atom stereocenters. The Hall–Kier alpha value is -3.10. The first-order valence-corrected chi connectivity index (χ1v) is 9.21. The monoisotopic (exact) mass is 348 g/mol. The van der Waals surface area contributed by atoms with Crippen LogP contribution in [0.5, 0.6) is 0 Å². The zero-order valence-electron chi connectivity index (χ0n) is 13.4. The van der Waals surface area contributed by atoms with Crippen LogP contribution in [0.15, 0.2) is 83.8 Å². The largest absolute Gasteiger partial charge is 0.280 e. The van der Waals surface area contributed by atoms with E-state index in [-0.39, 0.29) is 4.90 Å². The summed E-state index contributed by atoms with van der Waals surface area (Å²) < 4.78 is 28.3. The van der Waals surface area contributed by atoms with Gasteiger partial charge in [-0.15, -0.1) is 0 Å². The van der Waals surface area contributed by atoms with Gasteiger partial charge in [0.15, 0.2) is 0 Å². The Bertz CT molecular complexity index is 1010. The first-order chi connectivity index (χ1) is 12.1. The van der Waals surface area contributed by atoms with Gasteiger partial charge in [0.05, 0.1) is 17.4 Å². The quantitative estimate of drug-likeness (QED) is 0.750. The van der Waals surface area contributed by atoms with E-state index in [0.717, 1.165) is 11.1 Å². The SMILES string of the molecule is N#CCc1ccc(NS(=O)(=O)c2ccccc2-c2ccccc2)cc1. The molecule has 3 aromatic carbocycles. The molecule has 124 valence electrons. The number of rotatable bonds is 5. The highest BCUT2D eigenvalue weighted by atomic mass is 32.2. The third-order valence-electron chi connectivity index (χ3n) is 3.75. The van der Waals surface area contributed by atoms with Gasteiger partial charge in [-0.05, 0) is 29.3 Å². The number of hydrogen-bond donors (Lipinski definition) is 1. The normalized spacial score (nSPS) is 10.8. The van der Waals surface area contributed by atoms with Crippen LogP contribution in [-0.4, -0.2) is 8.42 Å².